The fourth-order valence-electron chi connectivity index (χ4n) is 1.08. The van der Waals surface area contributed by atoms with Crippen molar-refractivity contribution in [3.8, 4) is 0 Å². The molecule has 0 radical (unpaired) electrons. The molecule has 0 saturated heterocycles. The number of allylic oxidation sites excluding steroid dienone is 2. The standard InChI is InChI=1S/C9H13NO/c1-7-6-9(4-5-10-3)8(2)11-7/h4-6,8H,1-3H3/b9-4-,10-5-/t8-/m1/s1. The highest BCUT2D eigenvalue weighted by molar-refractivity contribution is 5.73. The molecule has 0 saturated carbocycles. The first-order valence-electron chi connectivity index (χ1n) is 3.71. The molecule has 0 bridgehead atoms. The van der Waals surface area contributed by atoms with Gasteiger partial charge in [-0.15, -0.1) is 0 Å². The molecule has 0 amide bonds. The second-order valence-electron chi connectivity index (χ2n) is 2.59. The molecule has 60 valence electrons. The topological polar surface area (TPSA) is 21.6 Å². The molecule has 0 fully saturated rings. The van der Waals surface area contributed by atoms with Gasteiger partial charge in [0.05, 0.1) is 5.76 Å². The highest BCUT2D eigenvalue weighted by Gasteiger charge is 2.14. The molecular formula is C9H13NO. The molecule has 0 spiro atoms. The van der Waals surface area contributed by atoms with Crippen LogP contribution >= 0.6 is 0 Å². The third-order valence-electron chi connectivity index (χ3n) is 1.62. The van der Waals surface area contributed by atoms with E-state index in [9.17, 15) is 0 Å². The summed E-state index contributed by atoms with van der Waals surface area (Å²) in [6.45, 7) is 3.99. The monoisotopic (exact) mass is 151 g/mol. The van der Waals surface area contributed by atoms with Crippen LogP contribution in [0.3, 0.4) is 0 Å². The smallest absolute Gasteiger partial charge is 0.121 e. The first kappa shape index (κ1) is 8.05. The second-order valence-corrected chi connectivity index (χ2v) is 2.59. The van der Waals surface area contributed by atoms with Crippen molar-refractivity contribution in [1.82, 2.24) is 0 Å². The van der Waals surface area contributed by atoms with E-state index in [1.165, 1.54) is 5.57 Å². The van der Waals surface area contributed by atoms with Crippen LogP contribution in [-0.2, 0) is 4.74 Å². The number of ether oxygens (including phenoxy) is 1. The van der Waals surface area contributed by atoms with Crippen molar-refractivity contribution in [2.24, 2.45) is 4.99 Å². The third kappa shape index (κ3) is 1.93. The van der Waals surface area contributed by atoms with Crippen LogP contribution in [0.5, 0.6) is 0 Å². The first-order chi connectivity index (χ1) is 5.24. The van der Waals surface area contributed by atoms with Crippen LogP contribution in [0.4, 0.5) is 0 Å². The fraction of sp³-hybridized carbons (Fsp3) is 0.444. The maximum absolute atomic E-state index is 5.40. The van der Waals surface area contributed by atoms with Crippen LogP contribution in [0.15, 0.2) is 28.5 Å². The molecule has 0 aromatic rings. The van der Waals surface area contributed by atoms with Gasteiger partial charge in [0.2, 0.25) is 0 Å². The predicted octanol–water partition coefficient (Wildman–Crippen LogP) is 1.94. The first-order valence-corrected chi connectivity index (χ1v) is 3.71. The summed E-state index contributed by atoms with van der Waals surface area (Å²) < 4.78 is 5.40. The minimum atomic E-state index is 0.188. The summed E-state index contributed by atoms with van der Waals surface area (Å²) in [6, 6.07) is 0. The average Bonchev–Trinajstić information content (AvgIpc) is 2.26. The molecule has 0 aromatic heterocycles. The van der Waals surface area contributed by atoms with Crippen molar-refractivity contribution in [2.75, 3.05) is 7.05 Å². The van der Waals surface area contributed by atoms with Crippen molar-refractivity contribution in [3.05, 3.63) is 23.5 Å². The summed E-state index contributed by atoms with van der Waals surface area (Å²) in [4.78, 5) is 3.87. The van der Waals surface area contributed by atoms with Crippen molar-refractivity contribution in [2.45, 2.75) is 20.0 Å². The lowest BCUT2D eigenvalue weighted by atomic mass is 10.2. The zero-order valence-electron chi connectivity index (χ0n) is 7.16. The molecule has 1 atom stereocenters. The number of hydrogen-bond donors (Lipinski definition) is 0. The molecular weight excluding hydrogens is 138 g/mol. The zero-order valence-corrected chi connectivity index (χ0v) is 7.16. The molecule has 1 aliphatic rings. The Labute approximate surface area is 67.3 Å². The lowest BCUT2D eigenvalue weighted by molar-refractivity contribution is 0.184. The summed E-state index contributed by atoms with van der Waals surface area (Å²) in [5, 5.41) is 0. The Balaban J connectivity index is 2.72. The second kappa shape index (κ2) is 3.37. The zero-order chi connectivity index (χ0) is 8.27. The average molecular weight is 151 g/mol. The van der Waals surface area contributed by atoms with Gasteiger partial charge in [0.25, 0.3) is 0 Å². The number of rotatable bonds is 1. The Hall–Kier alpha value is -1.05. The Morgan fingerprint density at radius 3 is 2.82 bits per heavy atom. The lowest BCUT2D eigenvalue weighted by Gasteiger charge is -2.04. The summed E-state index contributed by atoms with van der Waals surface area (Å²) >= 11 is 0. The van der Waals surface area contributed by atoms with E-state index >= 15 is 0 Å². The molecule has 11 heavy (non-hydrogen) atoms. The van der Waals surface area contributed by atoms with Gasteiger partial charge < -0.3 is 4.74 Å². The molecule has 2 heteroatoms. The van der Waals surface area contributed by atoms with Crippen LogP contribution in [0, 0.1) is 0 Å². The fourth-order valence-corrected chi connectivity index (χ4v) is 1.08. The highest BCUT2D eigenvalue weighted by Crippen LogP contribution is 2.20. The van der Waals surface area contributed by atoms with Gasteiger partial charge in [-0.2, -0.15) is 0 Å². The van der Waals surface area contributed by atoms with E-state index in [0.717, 1.165) is 5.76 Å². The summed E-state index contributed by atoms with van der Waals surface area (Å²) in [5.41, 5.74) is 1.19. The molecule has 0 unspecified atom stereocenters. The van der Waals surface area contributed by atoms with E-state index in [1.807, 2.05) is 26.0 Å². The number of hydrogen-bond acceptors (Lipinski definition) is 2. The maximum atomic E-state index is 5.40. The number of aliphatic imine (C=N–C) groups is 1. The third-order valence-corrected chi connectivity index (χ3v) is 1.62. The van der Waals surface area contributed by atoms with Crippen molar-refractivity contribution in [1.29, 1.82) is 0 Å². The summed E-state index contributed by atoms with van der Waals surface area (Å²) in [7, 11) is 1.76. The van der Waals surface area contributed by atoms with Gasteiger partial charge in [-0.05, 0) is 31.6 Å². The Kier molecular flexibility index (Phi) is 2.47. The normalized spacial score (nSPS) is 27.7. The van der Waals surface area contributed by atoms with Gasteiger partial charge in [-0.1, -0.05) is 0 Å². The molecule has 2 nitrogen and oxygen atoms in total. The Bertz CT molecular complexity index is 226. The van der Waals surface area contributed by atoms with E-state index in [0.29, 0.717) is 0 Å². The molecule has 1 aliphatic heterocycles. The van der Waals surface area contributed by atoms with E-state index in [4.69, 9.17) is 4.74 Å². The Morgan fingerprint density at radius 2 is 2.36 bits per heavy atom. The number of nitrogens with zero attached hydrogens (tertiary/aromatic N) is 1. The van der Waals surface area contributed by atoms with Crippen molar-refractivity contribution in [3.63, 3.8) is 0 Å². The van der Waals surface area contributed by atoms with Crippen LogP contribution in [0.25, 0.3) is 0 Å². The maximum Gasteiger partial charge on any atom is 0.121 e. The molecule has 0 N–H and O–H groups in total. The van der Waals surface area contributed by atoms with Crippen LogP contribution < -0.4 is 0 Å². The predicted molar refractivity (Wildman–Crippen MR) is 46.8 cm³/mol. The van der Waals surface area contributed by atoms with Gasteiger partial charge in [0, 0.05) is 13.3 Å². The SMILES string of the molecule is C/N=C\C=C1\C=C(C)O[C@@H]1C. The van der Waals surface area contributed by atoms with Crippen molar-refractivity contribution < 1.29 is 4.74 Å². The van der Waals surface area contributed by atoms with Gasteiger partial charge in [-0.25, -0.2) is 0 Å². The van der Waals surface area contributed by atoms with E-state index in [2.05, 4.69) is 4.99 Å². The molecule has 1 heterocycles. The van der Waals surface area contributed by atoms with Gasteiger partial charge >= 0.3 is 0 Å². The van der Waals surface area contributed by atoms with Crippen molar-refractivity contribution >= 4 is 6.21 Å². The summed E-state index contributed by atoms with van der Waals surface area (Å²) in [6.07, 6.45) is 5.98. The van der Waals surface area contributed by atoms with Crippen LogP contribution in [0.1, 0.15) is 13.8 Å². The van der Waals surface area contributed by atoms with E-state index in [1.54, 1.807) is 13.3 Å². The van der Waals surface area contributed by atoms with E-state index in [-0.39, 0.29) is 6.10 Å². The molecule has 1 rings (SSSR count). The van der Waals surface area contributed by atoms with E-state index < -0.39 is 0 Å². The minimum absolute atomic E-state index is 0.188. The largest absolute Gasteiger partial charge is 0.491 e. The highest BCUT2D eigenvalue weighted by atomic mass is 16.5. The minimum Gasteiger partial charge on any atom is -0.491 e. The molecule has 0 aliphatic carbocycles. The quantitative estimate of drug-likeness (QED) is 0.525. The van der Waals surface area contributed by atoms with Crippen LogP contribution in [0.2, 0.25) is 0 Å². The molecule has 0 aromatic carbocycles. The van der Waals surface area contributed by atoms with Gasteiger partial charge in [0.15, 0.2) is 0 Å². The summed E-state index contributed by atoms with van der Waals surface area (Å²) in [5.74, 6) is 0.980. The lowest BCUT2D eigenvalue weighted by Crippen LogP contribution is -2.01. The Morgan fingerprint density at radius 1 is 1.64 bits per heavy atom. The van der Waals surface area contributed by atoms with Gasteiger partial charge in [0.1, 0.15) is 6.10 Å². The van der Waals surface area contributed by atoms with Gasteiger partial charge in [-0.3, -0.25) is 4.99 Å². The van der Waals surface area contributed by atoms with Crippen LogP contribution in [-0.4, -0.2) is 19.4 Å².